The van der Waals surface area contributed by atoms with Crippen LogP contribution in [0.25, 0.3) is 10.9 Å². The minimum absolute atomic E-state index is 0. The van der Waals surface area contributed by atoms with Gasteiger partial charge >= 0.3 is 24.8 Å². The van der Waals surface area contributed by atoms with Crippen LogP contribution in [0.15, 0.2) is 66.9 Å². The number of methoxy groups -OCH3 is 1. The molecule has 1 saturated carbocycles. The number of fused-ring (bicyclic) bond motifs is 1. The number of unbranched alkanes of at least 4 members (excludes halogenated alkanes) is 1. The van der Waals surface area contributed by atoms with Crippen LogP contribution in [-0.2, 0) is 14.4 Å². The van der Waals surface area contributed by atoms with Gasteiger partial charge in [0.25, 0.3) is 0 Å². The van der Waals surface area contributed by atoms with Crippen LogP contribution in [0.3, 0.4) is 0 Å². The van der Waals surface area contributed by atoms with Gasteiger partial charge in [-0.05, 0) is 80.3 Å². The second-order valence-electron chi connectivity index (χ2n) is 10.3. The Bertz CT molecular complexity index is 1720. The molecule has 1 aliphatic carbocycles. The molecule has 45 heavy (non-hydrogen) atoms. The van der Waals surface area contributed by atoms with Crippen LogP contribution in [0.2, 0.25) is 5.02 Å². The number of carboxylic acid groups (broad SMARTS) is 1. The van der Waals surface area contributed by atoms with Gasteiger partial charge in [0.15, 0.2) is 11.5 Å². The van der Waals surface area contributed by atoms with E-state index in [1.165, 1.54) is 37.4 Å². The Morgan fingerprint density at radius 2 is 1.60 bits per heavy atom. The topological polar surface area (TPSA) is 136 Å². The molecule has 0 saturated heterocycles. The summed E-state index contributed by atoms with van der Waals surface area (Å²) in [6.45, 7) is 0.323. The van der Waals surface area contributed by atoms with E-state index >= 15 is 0 Å². The number of aliphatic carboxylic acids is 1. The molecule has 10 nitrogen and oxygen atoms in total. The van der Waals surface area contributed by atoms with Crippen molar-refractivity contribution in [3.63, 3.8) is 0 Å². The van der Waals surface area contributed by atoms with Gasteiger partial charge in [0.1, 0.15) is 22.7 Å². The predicted molar refractivity (Wildman–Crippen MR) is 169 cm³/mol. The fourth-order valence-corrected chi connectivity index (χ4v) is 4.77. The summed E-state index contributed by atoms with van der Waals surface area (Å²) >= 11 is 6.53. The third-order valence-electron chi connectivity index (χ3n) is 7.16. The van der Waals surface area contributed by atoms with Crippen LogP contribution >= 0.6 is 11.6 Å². The summed E-state index contributed by atoms with van der Waals surface area (Å²) in [5, 5.41) is 15.1. The molecule has 0 radical (unpaired) electrons. The number of carbonyl (C=O) groups is 3. The molecule has 3 aromatic carbocycles. The van der Waals surface area contributed by atoms with E-state index < -0.39 is 29.0 Å². The number of carbonyl (C=O) groups excluding carboxylic acids is 2. The predicted octanol–water partition coefficient (Wildman–Crippen LogP) is 6.17. The summed E-state index contributed by atoms with van der Waals surface area (Å²) in [6.07, 6.45) is 3.50. The molecule has 5 rings (SSSR count). The monoisotopic (exact) mass is 629 g/mol. The number of benzene rings is 3. The maximum atomic E-state index is 13.2. The number of aromatic nitrogens is 1. The number of amides is 2. The number of halogens is 2. The number of hydrogen-bond donors (Lipinski definition) is 3. The van der Waals surface area contributed by atoms with E-state index in [2.05, 4.69) is 15.6 Å². The van der Waals surface area contributed by atoms with E-state index in [-0.39, 0.29) is 30.3 Å². The second kappa shape index (κ2) is 14.7. The van der Waals surface area contributed by atoms with E-state index in [1.807, 2.05) is 0 Å². The molecule has 0 spiro atoms. The van der Waals surface area contributed by atoms with Crippen LogP contribution in [0.1, 0.15) is 32.1 Å². The van der Waals surface area contributed by atoms with Gasteiger partial charge in [-0.1, -0.05) is 11.6 Å². The molecule has 1 aliphatic rings. The molecule has 0 aliphatic heterocycles. The minimum atomic E-state index is -1.22. The molecule has 0 unspecified atom stereocenters. The third kappa shape index (κ3) is 8.05. The standard InChI is InChI=1S/C32H29ClFN3O7.Li.H/c1-42-27-17-22-24(18-28(27)43-15-3-2-4-29(38)39)35-14-11-25(22)44-26-10-9-21(16-23(26)33)37-31(41)32(12-13-32)30(40)36-20-7-5-19(34)6-8-20;;/h5-11,14,16-18H,2-4,12-13,15H2,1H3,(H,36,40)(H,37,41)(H,38,39);;. The van der Waals surface area contributed by atoms with Crippen molar-refractivity contribution in [3.05, 3.63) is 77.7 Å². The normalized spacial score (nSPS) is 12.9. The summed E-state index contributed by atoms with van der Waals surface area (Å²) in [7, 11) is 1.51. The molecule has 13 heteroatoms. The van der Waals surface area contributed by atoms with E-state index in [9.17, 15) is 18.8 Å². The number of anilines is 2. The van der Waals surface area contributed by atoms with Crippen molar-refractivity contribution in [2.45, 2.75) is 32.1 Å². The third-order valence-corrected chi connectivity index (χ3v) is 7.46. The van der Waals surface area contributed by atoms with Crippen molar-refractivity contribution < 1.29 is 38.1 Å². The summed E-state index contributed by atoms with van der Waals surface area (Å²) in [5.41, 5.74) is 0.154. The van der Waals surface area contributed by atoms with E-state index in [0.717, 1.165) is 0 Å². The van der Waals surface area contributed by atoms with Gasteiger partial charge in [-0.15, -0.1) is 0 Å². The van der Waals surface area contributed by atoms with Crippen LogP contribution < -0.4 is 24.8 Å². The average molecular weight is 630 g/mol. The molecule has 2 amide bonds. The fraction of sp³-hybridized carbons (Fsp3) is 0.250. The molecule has 4 aromatic rings. The summed E-state index contributed by atoms with van der Waals surface area (Å²) in [5.74, 6) is -0.494. The first-order valence-electron chi connectivity index (χ1n) is 13.9. The van der Waals surface area contributed by atoms with Gasteiger partial charge in [0.05, 0.1) is 24.3 Å². The molecule has 1 fully saturated rings. The van der Waals surface area contributed by atoms with Crippen molar-refractivity contribution in [1.82, 2.24) is 4.98 Å². The van der Waals surface area contributed by atoms with Gasteiger partial charge in [0.2, 0.25) is 11.8 Å². The van der Waals surface area contributed by atoms with Crippen LogP contribution in [0.5, 0.6) is 23.0 Å². The van der Waals surface area contributed by atoms with Crippen molar-refractivity contribution in [3.8, 4) is 23.0 Å². The molecule has 1 aromatic heterocycles. The molecular formula is C32H30ClFLiN3O7. The number of hydrogen-bond acceptors (Lipinski definition) is 7. The Balaban J connectivity index is 0.00000461. The average Bonchev–Trinajstić information content (AvgIpc) is 3.82. The van der Waals surface area contributed by atoms with Crippen molar-refractivity contribution in [1.29, 1.82) is 0 Å². The maximum absolute atomic E-state index is 13.2. The van der Waals surface area contributed by atoms with Gasteiger partial charge < -0.3 is 30.0 Å². The van der Waals surface area contributed by atoms with E-state index in [0.29, 0.717) is 77.6 Å². The summed E-state index contributed by atoms with van der Waals surface area (Å²) in [6, 6.07) is 15.2. The first-order chi connectivity index (χ1) is 21.2. The van der Waals surface area contributed by atoms with Crippen molar-refractivity contribution in [2.24, 2.45) is 5.41 Å². The van der Waals surface area contributed by atoms with Crippen LogP contribution in [-0.4, -0.2) is 60.5 Å². The van der Waals surface area contributed by atoms with E-state index in [4.69, 9.17) is 30.9 Å². The number of rotatable bonds is 13. The fourth-order valence-electron chi connectivity index (χ4n) is 4.55. The van der Waals surface area contributed by atoms with E-state index in [1.54, 1.807) is 36.5 Å². The SMILES string of the molecule is COc1cc2c(Oc3ccc(NC(=O)C4(C(=O)Nc5ccc(F)cc5)CC4)cc3Cl)ccnc2cc1OCCCCC(=O)O.[LiH]. The van der Waals surface area contributed by atoms with Crippen LogP contribution in [0.4, 0.5) is 15.8 Å². The summed E-state index contributed by atoms with van der Waals surface area (Å²) < 4.78 is 30.6. The molecule has 3 N–H and O–H groups in total. The zero-order valence-corrected chi connectivity index (χ0v) is 24.4. The van der Waals surface area contributed by atoms with Gasteiger partial charge in [0, 0.05) is 35.4 Å². The Morgan fingerprint density at radius 3 is 2.24 bits per heavy atom. The molecule has 0 bridgehead atoms. The number of ether oxygens (including phenoxy) is 3. The number of nitrogens with one attached hydrogen (secondary N) is 2. The number of pyridine rings is 1. The second-order valence-corrected chi connectivity index (χ2v) is 10.7. The van der Waals surface area contributed by atoms with Gasteiger partial charge in [-0.3, -0.25) is 19.4 Å². The summed E-state index contributed by atoms with van der Waals surface area (Å²) in [4.78, 5) is 41.1. The molecule has 230 valence electrons. The quantitative estimate of drug-likeness (QED) is 0.0907. The van der Waals surface area contributed by atoms with Crippen LogP contribution in [0, 0.1) is 11.2 Å². The van der Waals surface area contributed by atoms with Gasteiger partial charge in [-0.2, -0.15) is 0 Å². The Kier molecular flexibility index (Phi) is 10.9. The van der Waals surface area contributed by atoms with Gasteiger partial charge in [-0.25, -0.2) is 4.39 Å². The molecule has 1 heterocycles. The van der Waals surface area contributed by atoms with Crippen molar-refractivity contribution in [2.75, 3.05) is 24.4 Å². The van der Waals surface area contributed by atoms with Crippen molar-refractivity contribution >= 4 is 70.5 Å². The zero-order valence-electron chi connectivity index (χ0n) is 23.7. The zero-order chi connectivity index (χ0) is 31.3. The first-order valence-corrected chi connectivity index (χ1v) is 14.2. The molecule has 0 atom stereocenters. The molecular weight excluding hydrogens is 600 g/mol. The Labute approximate surface area is 275 Å². The Morgan fingerprint density at radius 1 is 0.911 bits per heavy atom. The first kappa shape index (κ1) is 33.6. The Hall–Kier alpha value is -4.30. The number of carboxylic acids is 1. The number of nitrogens with zero attached hydrogens (tertiary/aromatic N) is 1.